The maximum absolute atomic E-state index is 12.9. The fraction of sp³-hybridized carbons (Fsp3) is 0.333. The highest BCUT2D eigenvalue weighted by Crippen LogP contribution is 2.20. The zero-order chi connectivity index (χ0) is 9.14. The first-order valence-electron chi connectivity index (χ1n) is 3.77. The number of phenols is 1. The summed E-state index contributed by atoms with van der Waals surface area (Å²) in [5.74, 6) is -0.138. The Morgan fingerprint density at radius 3 is 2.75 bits per heavy atom. The van der Waals surface area contributed by atoms with Crippen LogP contribution in [0.2, 0.25) is 0 Å². The number of hydrogen-bond donors (Lipinski definition) is 2. The van der Waals surface area contributed by atoms with Gasteiger partial charge in [-0.1, -0.05) is 0 Å². The largest absolute Gasteiger partial charge is 0.508 e. The Labute approximate surface area is 71.0 Å². The Balaban J connectivity index is 3.05. The van der Waals surface area contributed by atoms with Crippen molar-refractivity contribution in [3.63, 3.8) is 0 Å². The third-order valence-electron chi connectivity index (χ3n) is 1.73. The predicted octanol–water partition coefficient (Wildman–Crippen LogP) is 1.56. The van der Waals surface area contributed by atoms with Crippen LogP contribution < -0.4 is 5.32 Å². The van der Waals surface area contributed by atoms with E-state index in [-0.39, 0.29) is 11.6 Å². The van der Waals surface area contributed by atoms with Gasteiger partial charge in [0.25, 0.3) is 0 Å². The molecule has 3 heteroatoms. The molecule has 1 aromatic carbocycles. The SMILES string of the molecule is CNCc1cc(F)c(C)cc1O. The van der Waals surface area contributed by atoms with Crippen molar-refractivity contribution in [1.82, 2.24) is 5.32 Å². The minimum atomic E-state index is -0.280. The van der Waals surface area contributed by atoms with Crippen molar-refractivity contribution < 1.29 is 9.50 Å². The molecule has 66 valence electrons. The molecule has 2 nitrogen and oxygen atoms in total. The van der Waals surface area contributed by atoms with Crippen LogP contribution in [0.1, 0.15) is 11.1 Å². The normalized spacial score (nSPS) is 10.2. The summed E-state index contributed by atoms with van der Waals surface area (Å²) in [4.78, 5) is 0. The van der Waals surface area contributed by atoms with Crippen LogP contribution in [-0.2, 0) is 6.54 Å². The van der Waals surface area contributed by atoms with Crippen molar-refractivity contribution in [3.05, 3.63) is 29.1 Å². The fourth-order valence-corrected chi connectivity index (χ4v) is 1.04. The van der Waals surface area contributed by atoms with E-state index < -0.39 is 0 Å². The van der Waals surface area contributed by atoms with Crippen LogP contribution in [0.5, 0.6) is 5.75 Å². The van der Waals surface area contributed by atoms with Crippen molar-refractivity contribution in [2.75, 3.05) is 7.05 Å². The summed E-state index contributed by atoms with van der Waals surface area (Å²) in [6, 6.07) is 2.78. The van der Waals surface area contributed by atoms with E-state index in [0.717, 1.165) is 0 Å². The van der Waals surface area contributed by atoms with Crippen LogP contribution in [0.15, 0.2) is 12.1 Å². The smallest absolute Gasteiger partial charge is 0.126 e. The average Bonchev–Trinajstić information content (AvgIpc) is 2.01. The molecule has 0 saturated heterocycles. The lowest BCUT2D eigenvalue weighted by molar-refractivity contribution is 0.462. The molecule has 0 spiro atoms. The molecule has 0 bridgehead atoms. The summed E-state index contributed by atoms with van der Waals surface area (Å²) >= 11 is 0. The van der Waals surface area contributed by atoms with E-state index in [0.29, 0.717) is 17.7 Å². The minimum absolute atomic E-state index is 0.142. The molecule has 0 fully saturated rings. The zero-order valence-corrected chi connectivity index (χ0v) is 7.19. The van der Waals surface area contributed by atoms with Gasteiger partial charge in [0.2, 0.25) is 0 Å². The number of phenolic OH excluding ortho intramolecular Hbond substituents is 1. The van der Waals surface area contributed by atoms with Crippen molar-refractivity contribution in [2.45, 2.75) is 13.5 Å². The monoisotopic (exact) mass is 169 g/mol. The van der Waals surface area contributed by atoms with Crippen molar-refractivity contribution in [1.29, 1.82) is 0 Å². The number of nitrogens with one attached hydrogen (secondary N) is 1. The summed E-state index contributed by atoms with van der Waals surface area (Å²) in [6.07, 6.45) is 0. The van der Waals surface area contributed by atoms with Crippen molar-refractivity contribution in [2.24, 2.45) is 0 Å². The number of halogens is 1. The van der Waals surface area contributed by atoms with Gasteiger partial charge in [-0.25, -0.2) is 4.39 Å². The topological polar surface area (TPSA) is 32.3 Å². The zero-order valence-electron chi connectivity index (χ0n) is 7.19. The third-order valence-corrected chi connectivity index (χ3v) is 1.73. The summed E-state index contributed by atoms with van der Waals surface area (Å²) in [7, 11) is 1.75. The van der Waals surface area contributed by atoms with Crippen molar-refractivity contribution >= 4 is 0 Å². The van der Waals surface area contributed by atoms with Gasteiger partial charge in [-0.15, -0.1) is 0 Å². The molecule has 0 aliphatic carbocycles. The highest BCUT2D eigenvalue weighted by molar-refractivity contribution is 5.36. The van der Waals surface area contributed by atoms with Crippen LogP contribution in [-0.4, -0.2) is 12.2 Å². The molecule has 0 radical (unpaired) electrons. The van der Waals surface area contributed by atoms with E-state index >= 15 is 0 Å². The van der Waals surface area contributed by atoms with Crippen LogP contribution in [0, 0.1) is 12.7 Å². The lowest BCUT2D eigenvalue weighted by Crippen LogP contribution is -2.05. The van der Waals surface area contributed by atoms with E-state index in [9.17, 15) is 9.50 Å². The predicted molar refractivity (Wildman–Crippen MR) is 45.6 cm³/mol. The first-order valence-corrected chi connectivity index (χ1v) is 3.77. The quantitative estimate of drug-likeness (QED) is 0.704. The minimum Gasteiger partial charge on any atom is -0.508 e. The fourth-order valence-electron chi connectivity index (χ4n) is 1.04. The number of hydrogen-bond acceptors (Lipinski definition) is 2. The van der Waals surface area contributed by atoms with Crippen LogP contribution in [0.25, 0.3) is 0 Å². The summed E-state index contributed by atoms with van der Waals surface area (Å²) in [5, 5.41) is 12.2. The van der Waals surface area contributed by atoms with Gasteiger partial charge in [-0.2, -0.15) is 0 Å². The van der Waals surface area contributed by atoms with E-state index in [1.54, 1.807) is 14.0 Å². The molecule has 0 atom stereocenters. The highest BCUT2D eigenvalue weighted by Gasteiger charge is 2.04. The second-order valence-corrected chi connectivity index (χ2v) is 2.76. The molecule has 0 saturated carbocycles. The Hall–Kier alpha value is -1.09. The maximum Gasteiger partial charge on any atom is 0.126 e. The Morgan fingerprint density at radius 2 is 2.17 bits per heavy atom. The summed E-state index contributed by atoms with van der Waals surface area (Å²) in [6.45, 7) is 2.10. The number of benzene rings is 1. The van der Waals surface area contributed by atoms with Gasteiger partial charge >= 0.3 is 0 Å². The second kappa shape index (κ2) is 3.54. The molecule has 0 aliphatic heterocycles. The van der Waals surface area contributed by atoms with E-state index in [1.165, 1.54) is 12.1 Å². The molecule has 0 amide bonds. The number of aryl methyl sites for hydroxylation is 1. The first kappa shape index (κ1) is 9.00. The Morgan fingerprint density at radius 1 is 1.50 bits per heavy atom. The summed E-state index contributed by atoms with van der Waals surface area (Å²) < 4.78 is 12.9. The lowest BCUT2D eigenvalue weighted by Gasteiger charge is -2.05. The van der Waals surface area contributed by atoms with Gasteiger partial charge in [0.15, 0.2) is 0 Å². The van der Waals surface area contributed by atoms with Gasteiger partial charge in [0, 0.05) is 12.1 Å². The van der Waals surface area contributed by atoms with E-state index in [2.05, 4.69) is 5.32 Å². The van der Waals surface area contributed by atoms with Crippen LogP contribution >= 0.6 is 0 Å². The van der Waals surface area contributed by atoms with Gasteiger partial charge in [-0.3, -0.25) is 0 Å². The van der Waals surface area contributed by atoms with E-state index in [4.69, 9.17) is 0 Å². The van der Waals surface area contributed by atoms with Gasteiger partial charge in [-0.05, 0) is 31.7 Å². The molecule has 0 aromatic heterocycles. The van der Waals surface area contributed by atoms with Crippen LogP contribution in [0.4, 0.5) is 4.39 Å². The van der Waals surface area contributed by atoms with Crippen LogP contribution in [0.3, 0.4) is 0 Å². The molecule has 2 N–H and O–H groups in total. The third kappa shape index (κ3) is 1.74. The standard InChI is InChI=1S/C9H12FNO/c1-6-3-9(12)7(5-11-2)4-8(6)10/h3-4,11-12H,5H2,1-2H3. The van der Waals surface area contributed by atoms with Crippen molar-refractivity contribution in [3.8, 4) is 5.75 Å². The Kier molecular flexibility index (Phi) is 2.65. The molecule has 12 heavy (non-hydrogen) atoms. The average molecular weight is 169 g/mol. The molecular formula is C9H12FNO. The van der Waals surface area contributed by atoms with Gasteiger partial charge < -0.3 is 10.4 Å². The van der Waals surface area contributed by atoms with Gasteiger partial charge in [0.1, 0.15) is 11.6 Å². The number of rotatable bonds is 2. The molecule has 1 aromatic rings. The van der Waals surface area contributed by atoms with E-state index in [1.807, 2.05) is 0 Å². The molecule has 1 rings (SSSR count). The molecule has 0 heterocycles. The molecular weight excluding hydrogens is 157 g/mol. The number of aromatic hydroxyl groups is 1. The lowest BCUT2D eigenvalue weighted by atomic mass is 10.1. The summed E-state index contributed by atoms with van der Waals surface area (Å²) in [5.41, 5.74) is 1.05. The molecule has 0 unspecified atom stereocenters. The highest BCUT2D eigenvalue weighted by atomic mass is 19.1. The first-order chi connectivity index (χ1) is 5.65. The second-order valence-electron chi connectivity index (χ2n) is 2.76. The molecule has 0 aliphatic rings. The van der Waals surface area contributed by atoms with Gasteiger partial charge in [0.05, 0.1) is 0 Å². The maximum atomic E-state index is 12.9. The Bertz CT molecular complexity index is 286.